The Morgan fingerprint density at radius 3 is 2.28 bits per heavy atom. The molecule has 0 saturated heterocycles. The van der Waals surface area contributed by atoms with E-state index in [1.165, 1.54) is 6.33 Å². The Morgan fingerprint density at radius 1 is 0.861 bits per heavy atom. The van der Waals surface area contributed by atoms with Crippen molar-refractivity contribution >= 4 is 34.3 Å². The molecule has 0 radical (unpaired) electrons. The zero-order valence-corrected chi connectivity index (χ0v) is 20.2. The molecule has 2 aromatic carbocycles. The fraction of sp³-hybridized carbons (Fsp3) is 0.143. The predicted molar refractivity (Wildman–Crippen MR) is 144 cm³/mol. The number of pyridine rings is 1. The number of amides is 2. The number of furan rings is 1. The minimum atomic E-state index is -0.278. The van der Waals surface area contributed by atoms with E-state index in [-0.39, 0.29) is 6.03 Å². The summed E-state index contributed by atoms with van der Waals surface area (Å²) in [5.41, 5.74) is 4.08. The van der Waals surface area contributed by atoms with Gasteiger partial charge in [-0.1, -0.05) is 44.2 Å². The van der Waals surface area contributed by atoms with Crippen molar-refractivity contribution in [3.63, 3.8) is 0 Å². The highest BCUT2D eigenvalue weighted by Crippen LogP contribution is 2.29. The summed E-state index contributed by atoms with van der Waals surface area (Å²) in [4.78, 5) is 24.8. The van der Waals surface area contributed by atoms with Gasteiger partial charge in [-0.3, -0.25) is 4.98 Å². The van der Waals surface area contributed by atoms with Crippen LogP contribution >= 0.6 is 0 Å². The number of carbonyl (C=O) groups excluding carboxylic acids is 1. The van der Waals surface area contributed by atoms with Crippen molar-refractivity contribution in [2.75, 3.05) is 22.5 Å². The number of hydrogen-bond acceptors (Lipinski definition) is 6. The summed E-state index contributed by atoms with van der Waals surface area (Å²) >= 11 is 0. The molecule has 8 nitrogen and oxygen atoms in total. The molecule has 0 spiro atoms. The lowest BCUT2D eigenvalue weighted by Gasteiger charge is -2.09. The zero-order chi connectivity index (χ0) is 25.2. The number of fused-ring (bicyclic) bond motifs is 1. The molecule has 3 N–H and O–H groups in total. The normalized spacial score (nSPS) is 10.3. The highest BCUT2D eigenvalue weighted by molar-refractivity contribution is 5.99. The monoisotopic (exact) mass is 480 g/mol. The van der Waals surface area contributed by atoms with Crippen LogP contribution < -0.4 is 16.0 Å². The summed E-state index contributed by atoms with van der Waals surface area (Å²) in [7, 11) is 0. The zero-order valence-electron chi connectivity index (χ0n) is 20.2. The van der Waals surface area contributed by atoms with Gasteiger partial charge in [-0.15, -0.1) is 0 Å². The number of aromatic nitrogens is 3. The molecule has 5 rings (SSSR count). The Morgan fingerprint density at radius 2 is 1.56 bits per heavy atom. The molecule has 182 valence electrons. The molecular weight excluding hydrogens is 452 g/mol. The topological polar surface area (TPSA) is 105 Å². The smallest absolute Gasteiger partial charge is 0.323 e. The third-order valence-corrected chi connectivity index (χ3v) is 5.24. The maximum Gasteiger partial charge on any atom is 0.323 e. The Hall–Kier alpha value is -4.72. The molecule has 3 heterocycles. The molecule has 3 aromatic heterocycles. The van der Waals surface area contributed by atoms with Gasteiger partial charge in [0.25, 0.3) is 0 Å². The van der Waals surface area contributed by atoms with E-state index < -0.39 is 0 Å². The van der Waals surface area contributed by atoms with Crippen molar-refractivity contribution in [3.8, 4) is 11.3 Å². The second-order valence-corrected chi connectivity index (χ2v) is 7.61. The van der Waals surface area contributed by atoms with Gasteiger partial charge in [0.1, 0.15) is 17.9 Å². The van der Waals surface area contributed by atoms with E-state index in [2.05, 4.69) is 30.9 Å². The van der Waals surface area contributed by atoms with E-state index in [4.69, 9.17) is 4.42 Å². The lowest BCUT2D eigenvalue weighted by atomic mass is 10.1. The van der Waals surface area contributed by atoms with Gasteiger partial charge in [0.15, 0.2) is 0 Å². The van der Waals surface area contributed by atoms with E-state index in [1.54, 1.807) is 12.4 Å². The van der Waals surface area contributed by atoms with Crippen LogP contribution in [0.15, 0.2) is 95.9 Å². The van der Waals surface area contributed by atoms with E-state index >= 15 is 0 Å². The molecule has 0 aliphatic heterocycles. The number of para-hydroxylation sites is 1. The van der Waals surface area contributed by atoms with E-state index in [1.807, 2.05) is 86.6 Å². The highest BCUT2D eigenvalue weighted by atomic mass is 16.3. The summed E-state index contributed by atoms with van der Waals surface area (Å²) in [5.74, 6) is 1.45. The summed E-state index contributed by atoms with van der Waals surface area (Å²) in [5, 5.41) is 9.84. The number of nitrogens with one attached hydrogen (secondary N) is 3. The maximum absolute atomic E-state index is 12.1. The molecule has 0 aliphatic carbocycles. The van der Waals surface area contributed by atoms with E-state index in [9.17, 15) is 4.79 Å². The van der Waals surface area contributed by atoms with Crippen LogP contribution in [0.3, 0.4) is 0 Å². The summed E-state index contributed by atoms with van der Waals surface area (Å²) < 4.78 is 5.88. The second kappa shape index (κ2) is 12.1. The number of rotatable bonds is 7. The highest BCUT2D eigenvalue weighted by Gasteiger charge is 2.11. The molecule has 0 fully saturated rings. The standard InChI is InChI=1S/C26H22N6O2.C2H6/c33-26(31-20-4-2-1-3-5-20)32-21-8-6-18(7-9-21)10-15-28-24-22-16-23(19-11-13-27-14-12-19)34-25(22)30-17-29-24;1-2/h1-9,11-14,16-17H,10,15H2,(H,28,29,30)(H2,31,32,33);1-2H3. The first-order chi connectivity index (χ1) is 17.7. The molecule has 0 bridgehead atoms. The molecule has 36 heavy (non-hydrogen) atoms. The van der Waals surface area contributed by atoms with Crippen LogP contribution in [0, 0.1) is 0 Å². The van der Waals surface area contributed by atoms with Crippen LogP contribution in [0.5, 0.6) is 0 Å². The Labute approximate surface area is 209 Å². The predicted octanol–water partition coefficient (Wildman–Crippen LogP) is 6.61. The minimum Gasteiger partial charge on any atom is -0.438 e. The van der Waals surface area contributed by atoms with Crippen molar-refractivity contribution in [1.29, 1.82) is 0 Å². The second-order valence-electron chi connectivity index (χ2n) is 7.61. The van der Waals surface area contributed by atoms with Crippen LogP contribution in [-0.4, -0.2) is 27.5 Å². The molecule has 0 aliphatic rings. The third-order valence-electron chi connectivity index (χ3n) is 5.24. The van der Waals surface area contributed by atoms with Crippen molar-refractivity contribution in [3.05, 3.63) is 97.1 Å². The van der Waals surface area contributed by atoms with Crippen molar-refractivity contribution in [2.24, 2.45) is 0 Å². The molecular formula is C28H28N6O2. The summed E-state index contributed by atoms with van der Waals surface area (Å²) in [6, 6.07) is 22.5. The number of urea groups is 1. The number of nitrogens with zero attached hydrogens (tertiary/aromatic N) is 3. The Bertz CT molecular complexity index is 1390. The summed E-state index contributed by atoms with van der Waals surface area (Å²) in [6.07, 6.45) is 5.73. The average Bonchev–Trinajstić information content (AvgIpc) is 3.37. The van der Waals surface area contributed by atoms with Gasteiger partial charge in [-0.2, -0.15) is 0 Å². The molecule has 5 aromatic rings. The molecule has 8 heteroatoms. The van der Waals surface area contributed by atoms with Crippen molar-refractivity contribution in [1.82, 2.24) is 15.0 Å². The lowest BCUT2D eigenvalue weighted by Crippen LogP contribution is -2.19. The van der Waals surface area contributed by atoms with Gasteiger partial charge in [-0.05, 0) is 54.4 Å². The van der Waals surface area contributed by atoms with Crippen LogP contribution in [-0.2, 0) is 6.42 Å². The number of anilines is 3. The number of hydrogen-bond donors (Lipinski definition) is 3. The lowest BCUT2D eigenvalue weighted by molar-refractivity contribution is 0.262. The average molecular weight is 481 g/mol. The Balaban J connectivity index is 0.00000148. The first-order valence-corrected chi connectivity index (χ1v) is 11.9. The third kappa shape index (κ3) is 6.24. The number of carbonyl (C=O) groups is 1. The van der Waals surface area contributed by atoms with Gasteiger partial charge in [0, 0.05) is 35.9 Å². The van der Waals surface area contributed by atoms with Crippen molar-refractivity contribution < 1.29 is 9.21 Å². The molecule has 0 unspecified atom stereocenters. The quantitative estimate of drug-likeness (QED) is 0.242. The van der Waals surface area contributed by atoms with E-state index in [0.29, 0.717) is 12.3 Å². The van der Waals surface area contributed by atoms with Crippen molar-refractivity contribution in [2.45, 2.75) is 20.3 Å². The van der Waals surface area contributed by atoms with Crippen LogP contribution in [0.1, 0.15) is 19.4 Å². The van der Waals surface area contributed by atoms with Gasteiger partial charge in [0.2, 0.25) is 5.71 Å². The maximum atomic E-state index is 12.1. The summed E-state index contributed by atoms with van der Waals surface area (Å²) in [6.45, 7) is 4.68. The molecule has 0 atom stereocenters. The number of benzene rings is 2. The van der Waals surface area contributed by atoms with Gasteiger partial charge in [0.05, 0.1) is 5.39 Å². The van der Waals surface area contributed by atoms with Gasteiger partial charge in [-0.25, -0.2) is 14.8 Å². The fourth-order valence-electron chi connectivity index (χ4n) is 3.55. The minimum absolute atomic E-state index is 0.278. The van der Waals surface area contributed by atoms with Crippen LogP contribution in [0.2, 0.25) is 0 Å². The Kier molecular flexibility index (Phi) is 8.22. The van der Waals surface area contributed by atoms with E-state index in [0.717, 1.165) is 45.9 Å². The van der Waals surface area contributed by atoms with Crippen LogP contribution in [0.4, 0.5) is 22.0 Å². The van der Waals surface area contributed by atoms with Gasteiger partial charge >= 0.3 is 6.03 Å². The SMILES string of the molecule is CC.O=C(Nc1ccccc1)Nc1ccc(CCNc2ncnc3oc(-c4ccncc4)cc23)cc1. The fourth-order valence-corrected chi connectivity index (χ4v) is 3.55. The molecule has 2 amide bonds. The van der Waals surface area contributed by atoms with Gasteiger partial charge < -0.3 is 20.4 Å². The first kappa shape index (κ1) is 24.4. The molecule has 0 saturated carbocycles. The van der Waals surface area contributed by atoms with Crippen LogP contribution in [0.25, 0.3) is 22.4 Å². The largest absolute Gasteiger partial charge is 0.438 e. The first-order valence-electron chi connectivity index (χ1n) is 11.9.